The van der Waals surface area contributed by atoms with Gasteiger partial charge in [-0.2, -0.15) is 0 Å². The first kappa shape index (κ1) is 10.5. The predicted octanol–water partition coefficient (Wildman–Crippen LogP) is 4.42. The first-order chi connectivity index (χ1) is 7.27. The molecule has 15 heavy (non-hydrogen) atoms. The SMILES string of the molecule is [C-]#[N+]C1(c2ccc(Cl)cc2)CCCCC1. The zero-order valence-electron chi connectivity index (χ0n) is 8.67. The number of halogens is 1. The number of rotatable bonds is 1. The molecule has 0 spiro atoms. The van der Waals surface area contributed by atoms with Crippen LogP contribution in [0.1, 0.15) is 37.7 Å². The van der Waals surface area contributed by atoms with E-state index in [-0.39, 0.29) is 5.54 Å². The second kappa shape index (κ2) is 4.24. The van der Waals surface area contributed by atoms with Crippen molar-refractivity contribution in [2.24, 2.45) is 0 Å². The molecule has 0 saturated heterocycles. The molecule has 1 saturated carbocycles. The molecule has 0 aromatic heterocycles. The molecule has 0 atom stereocenters. The maximum absolute atomic E-state index is 7.43. The van der Waals surface area contributed by atoms with Crippen LogP contribution >= 0.6 is 11.6 Å². The highest BCUT2D eigenvalue weighted by molar-refractivity contribution is 6.30. The van der Waals surface area contributed by atoms with Crippen molar-refractivity contribution in [3.8, 4) is 0 Å². The fourth-order valence-electron chi connectivity index (χ4n) is 2.36. The minimum absolute atomic E-state index is 0.261. The van der Waals surface area contributed by atoms with E-state index in [2.05, 4.69) is 4.85 Å². The van der Waals surface area contributed by atoms with Gasteiger partial charge < -0.3 is 4.85 Å². The Bertz CT molecular complexity index is 369. The van der Waals surface area contributed by atoms with Crippen LogP contribution in [0.3, 0.4) is 0 Å². The third kappa shape index (κ3) is 2.01. The molecule has 0 amide bonds. The lowest BCUT2D eigenvalue weighted by molar-refractivity contribution is 0.354. The molecule has 1 fully saturated rings. The Hall–Kier alpha value is -1.00. The van der Waals surface area contributed by atoms with Gasteiger partial charge in [0.25, 0.3) is 5.54 Å². The average Bonchev–Trinajstić information content (AvgIpc) is 2.31. The first-order valence-corrected chi connectivity index (χ1v) is 5.79. The van der Waals surface area contributed by atoms with Crippen molar-refractivity contribution < 1.29 is 0 Å². The molecule has 2 heteroatoms. The molecule has 1 aromatic rings. The zero-order valence-corrected chi connectivity index (χ0v) is 9.43. The maximum atomic E-state index is 7.43. The van der Waals surface area contributed by atoms with Gasteiger partial charge in [-0.05, 0) is 37.1 Å². The van der Waals surface area contributed by atoms with E-state index in [1.165, 1.54) is 19.3 Å². The summed E-state index contributed by atoms with van der Waals surface area (Å²) in [6, 6.07) is 7.79. The number of hydrogen-bond donors (Lipinski definition) is 0. The summed E-state index contributed by atoms with van der Waals surface area (Å²) in [6.45, 7) is 7.43. The van der Waals surface area contributed by atoms with Gasteiger partial charge in [-0.1, -0.05) is 18.0 Å². The van der Waals surface area contributed by atoms with Gasteiger partial charge in [0.05, 0.1) is 0 Å². The van der Waals surface area contributed by atoms with Crippen molar-refractivity contribution in [1.29, 1.82) is 0 Å². The molecule has 0 aliphatic heterocycles. The van der Waals surface area contributed by atoms with Gasteiger partial charge in [-0.3, -0.25) is 0 Å². The number of nitrogens with zero attached hydrogens (tertiary/aromatic N) is 1. The number of benzene rings is 1. The third-order valence-electron chi connectivity index (χ3n) is 3.28. The van der Waals surface area contributed by atoms with Crippen molar-refractivity contribution in [2.45, 2.75) is 37.6 Å². The van der Waals surface area contributed by atoms with Gasteiger partial charge in [0.15, 0.2) is 0 Å². The van der Waals surface area contributed by atoms with Gasteiger partial charge in [-0.15, -0.1) is 0 Å². The van der Waals surface area contributed by atoms with Crippen LogP contribution in [0.5, 0.6) is 0 Å². The highest BCUT2D eigenvalue weighted by atomic mass is 35.5. The molecule has 1 aliphatic carbocycles. The Morgan fingerprint density at radius 2 is 1.67 bits per heavy atom. The Morgan fingerprint density at radius 3 is 2.20 bits per heavy atom. The van der Waals surface area contributed by atoms with E-state index < -0.39 is 0 Å². The fourth-order valence-corrected chi connectivity index (χ4v) is 2.49. The van der Waals surface area contributed by atoms with Crippen molar-refractivity contribution >= 4 is 11.6 Å². The molecule has 1 aliphatic rings. The molecule has 0 heterocycles. The van der Waals surface area contributed by atoms with E-state index in [0.29, 0.717) is 0 Å². The monoisotopic (exact) mass is 219 g/mol. The molecule has 0 unspecified atom stereocenters. The standard InChI is InChI=1S/C13H14ClN/c1-15-13(9-3-2-4-10-13)11-5-7-12(14)8-6-11/h5-8H,2-4,9-10H2. The molecule has 78 valence electrons. The molecule has 0 radical (unpaired) electrons. The van der Waals surface area contributed by atoms with E-state index >= 15 is 0 Å². The van der Waals surface area contributed by atoms with Gasteiger partial charge in [-0.25, -0.2) is 6.57 Å². The van der Waals surface area contributed by atoms with Crippen LogP contribution in [0.4, 0.5) is 0 Å². The molecule has 1 aromatic carbocycles. The molecule has 0 bridgehead atoms. The molecular weight excluding hydrogens is 206 g/mol. The maximum Gasteiger partial charge on any atom is 0.257 e. The Balaban J connectivity index is 2.33. The quantitative estimate of drug-likeness (QED) is 0.616. The van der Waals surface area contributed by atoms with E-state index in [1.54, 1.807) is 0 Å². The molecular formula is C13H14ClN. The van der Waals surface area contributed by atoms with E-state index in [1.807, 2.05) is 24.3 Å². The molecule has 0 N–H and O–H groups in total. The summed E-state index contributed by atoms with van der Waals surface area (Å²) in [7, 11) is 0. The van der Waals surface area contributed by atoms with E-state index in [0.717, 1.165) is 23.4 Å². The summed E-state index contributed by atoms with van der Waals surface area (Å²) >= 11 is 5.86. The summed E-state index contributed by atoms with van der Waals surface area (Å²) in [6.07, 6.45) is 5.61. The summed E-state index contributed by atoms with van der Waals surface area (Å²) < 4.78 is 0. The Morgan fingerprint density at radius 1 is 1.07 bits per heavy atom. The van der Waals surface area contributed by atoms with Crippen LogP contribution in [0.2, 0.25) is 5.02 Å². The first-order valence-electron chi connectivity index (χ1n) is 5.41. The number of hydrogen-bond acceptors (Lipinski definition) is 0. The van der Waals surface area contributed by atoms with Gasteiger partial charge >= 0.3 is 0 Å². The van der Waals surface area contributed by atoms with Crippen LogP contribution in [0.25, 0.3) is 4.85 Å². The lowest BCUT2D eigenvalue weighted by Crippen LogP contribution is -2.24. The van der Waals surface area contributed by atoms with E-state index in [9.17, 15) is 0 Å². The zero-order chi connectivity index (χ0) is 10.7. The second-order valence-electron chi connectivity index (χ2n) is 4.21. The Labute approximate surface area is 95.9 Å². The molecule has 2 rings (SSSR count). The van der Waals surface area contributed by atoms with E-state index in [4.69, 9.17) is 18.2 Å². The smallest absolute Gasteiger partial charge is 0.257 e. The van der Waals surface area contributed by atoms with Gasteiger partial charge in [0.1, 0.15) is 0 Å². The van der Waals surface area contributed by atoms with Crippen molar-refractivity contribution in [2.75, 3.05) is 0 Å². The van der Waals surface area contributed by atoms with Crippen molar-refractivity contribution in [3.63, 3.8) is 0 Å². The van der Waals surface area contributed by atoms with Crippen LogP contribution in [-0.4, -0.2) is 0 Å². The van der Waals surface area contributed by atoms with Crippen LogP contribution in [0.15, 0.2) is 24.3 Å². The summed E-state index contributed by atoms with van der Waals surface area (Å²) in [5.41, 5.74) is 0.879. The topological polar surface area (TPSA) is 4.36 Å². The lowest BCUT2D eigenvalue weighted by atomic mass is 9.77. The summed E-state index contributed by atoms with van der Waals surface area (Å²) in [5, 5.41) is 0.745. The Kier molecular flexibility index (Phi) is 2.98. The van der Waals surface area contributed by atoms with Gasteiger partial charge in [0, 0.05) is 23.4 Å². The lowest BCUT2D eigenvalue weighted by Gasteiger charge is -2.26. The average molecular weight is 220 g/mol. The highest BCUT2D eigenvalue weighted by Gasteiger charge is 2.39. The van der Waals surface area contributed by atoms with Crippen molar-refractivity contribution in [1.82, 2.24) is 0 Å². The third-order valence-corrected chi connectivity index (χ3v) is 3.53. The molecule has 1 nitrogen and oxygen atoms in total. The minimum Gasteiger partial charge on any atom is -0.305 e. The highest BCUT2D eigenvalue weighted by Crippen LogP contribution is 2.40. The van der Waals surface area contributed by atoms with Crippen LogP contribution in [-0.2, 0) is 5.54 Å². The predicted molar refractivity (Wildman–Crippen MR) is 62.8 cm³/mol. The summed E-state index contributed by atoms with van der Waals surface area (Å²) in [4.78, 5) is 3.89. The van der Waals surface area contributed by atoms with Crippen LogP contribution in [0, 0.1) is 6.57 Å². The minimum atomic E-state index is -0.261. The largest absolute Gasteiger partial charge is 0.305 e. The van der Waals surface area contributed by atoms with Gasteiger partial charge in [0.2, 0.25) is 0 Å². The second-order valence-corrected chi connectivity index (χ2v) is 4.65. The van der Waals surface area contributed by atoms with Crippen LogP contribution < -0.4 is 0 Å². The summed E-state index contributed by atoms with van der Waals surface area (Å²) in [5.74, 6) is 0. The van der Waals surface area contributed by atoms with Crippen molar-refractivity contribution in [3.05, 3.63) is 46.3 Å². The fraction of sp³-hybridized carbons (Fsp3) is 0.462. The normalized spacial score (nSPS) is 19.5.